The van der Waals surface area contributed by atoms with Gasteiger partial charge in [0, 0.05) is 12.1 Å². The van der Waals surface area contributed by atoms with Crippen molar-refractivity contribution in [2.75, 3.05) is 0 Å². The molecule has 3 aromatic rings. The Hall–Kier alpha value is -2.65. The first-order valence-electron chi connectivity index (χ1n) is 15.9. The van der Waals surface area contributed by atoms with Crippen molar-refractivity contribution in [3.63, 3.8) is 0 Å². The SMILES string of the molecule is CCCC(CCC)N(C(=O)c1c([C@H](O)[C@H](Cc2ccccc2)C(C)C)ccc2ccccc12)C(CCC)CCC. The number of carbonyl (C=O) groups is 1. The van der Waals surface area contributed by atoms with Crippen LogP contribution in [0.15, 0.2) is 66.7 Å². The summed E-state index contributed by atoms with van der Waals surface area (Å²) in [6.07, 6.45) is 8.28. The van der Waals surface area contributed by atoms with E-state index >= 15 is 4.79 Å². The molecule has 218 valence electrons. The van der Waals surface area contributed by atoms with Gasteiger partial charge in [-0.25, -0.2) is 0 Å². The summed E-state index contributed by atoms with van der Waals surface area (Å²) in [6.45, 7) is 13.3. The van der Waals surface area contributed by atoms with Crippen LogP contribution in [0.3, 0.4) is 0 Å². The summed E-state index contributed by atoms with van der Waals surface area (Å²) < 4.78 is 0. The van der Waals surface area contributed by atoms with Gasteiger partial charge in [0.05, 0.1) is 11.7 Å². The zero-order valence-electron chi connectivity index (χ0n) is 25.9. The number of nitrogens with zero attached hydrogens (tertiary/aromatic N) is 1. The molecular formula is C37H53NO2. The molecule has 3 aromatic carbocycles. The lowest BCUT2D eigenvalue weighted by Crippen LogP contribution is -2.48. The van der Waals surface area contributed by atoms with E-state index in [2.05, 4.69) is 88.9 Å². The van der Waals surface area contributed by atoms with E-state index in [1.807, 2.05) is 24.3 Å². The number of benzene rings is 3. The molecule has 40 heavy (non-hydrogen) atoms. The number of hydrogen-bond donors (Lipinski definition) is 1. The highest BCUT2D eigenvalue weighted by Gasteiger charge is 2.35. The predicted molar refractivity (Wildman–Crippen MR) is 171 cm³/mol. The minimum Gasteiger partial charge on any atom is -0.388 e. The molecule has 1 N–H and O–H groups in total. The highest BCUT2D eigenvalue weighted by Crippen LogP contribution is 2.37. The van der Waals surface area contributed by atoms with Crippen LogP contribution >= 0.6 is 0 Å². The minimum absolute atomic E-state index is 0.00674. The summed E-state index contributed by atoms with van der Waals surface area (Å²) in [5.41, 5.74) is 2.70. The van der Waals surface area contributed by atoms with Gasteiger partial charge in [-0.15, -0.1) is 0 Å². The van der Waals surface area contributed by atoms with Crippen molar-refractivity contribution in [3.8, 4) is 0 Å². The Morgan fingerprint density at radius 1 is 0.725 bits per heavy atom. The van der Waals surface area contributed by atoms with E-state index < -0.39 is 6.10 Å². The molecule has 0 saturated heterocycles. The van der Waals surface area contributed by atoms with Crippen LogP contribution < -0.4 is 0 Å². The molecule has 0 bridgehead atoms. The van der Waals surface area contributed by atoms with Gasteiger partial charge >= 0.3 is 0 Å². The molecule has 0 aliphatic carbocycles. The summed E-state index contributed by atoms with van der Waals surface area (Å²) in [5.74, 6) is 0.348. The Balaban J connectivity index is 2.20. The summed E-state index contributed by atoms with van der Waals surface area (Å²) in [5, 5.41) is 14.1. The van der Waals surface area contributed by atoms with Crippen molar-refractivity contribution in [3.05, 3.63) is 83.4 Å². The van der Waals surface area contributed by atoms with Crippen molar-refractivity contribution in [1.29, 1.82) is 0 Å². The fourth-order valence-corrected chi connectivity index (χ4v) is 6.54. The first-order valence-corrected chi connectivity index (χ1v) is 15.9. The third kappa shape index (κ3) is 7.75. The first kappa shape index (κ1) is 31.9. The van der Waals surface area contributed by atoms with E-state index in [1.54, 1.807) is 0 Å². The van der Waals surface area contributed by atoms with Crippen LogP contribution in [0.25, 0.3) is 10.8 Å². The Labute approximate surface area is 244 Å². The molecule has 0 aliphatic rings. The van der Waals surface area contributed by atoms with Gasteiger partial charge in [-0.3, -0.25) is 4.79 Å². The third-order valence-electron chi connectivity index (χ3n) is 8.58. The van der Waals surface area contributed by atoms with Crippen LogP contribution in [0.2, 0.25) is 0 Å². The Morgan fingerprint density at radius 2 is 1.25 bits per heavy atom. The molecular weight excluding hydrogens is 490 g/mol. The fourth-order valence-electron chi connectivity index (χ4n) is 6.54. The van der Waals surface area contributed by atoms with Gasteiger partial charge in [0.25, 0.3) is 5.91 Å². The van der Waals surface area contributed by atoms with Gasteiger partial charge < -0.3 is 10.0 Å². The summed E-state index contributed by atoms with van der Waals surface area (Å²) in [6, 6.07) is 23.2. The van der Waals surface area contributed by atoms with E-state index in [9.17, 15) is 5.11 Å². The smallest absolute Gasteiger partial charge is 0.255 e. The van der Waals surface area contributed by atoms with Gasteiger partial charge in [0.2, 0.25) is 0 Å². The van der Waals surface area contributed by atoms with E-state index in [0.29, 0.717) is 5.56 Å². The van der Waals surface area contributed by atoms with Crippen molar-refractivity contribution >= 4 is 16.7 Å². The topological polar surface area (TPSA) is 40.5 Å². The second kappa shape index (κ2) is 16.0. The molecule has 0 saturated carbocycles. The second-order valence-electron chi connectivity index (χ2n) is 12.0. The molecule has 0 aliphatic heterocycles. The monoisotopic (exact) mass is 543 g/mol. The van der Waals surface area contributed by atoms with Crippen LogP contribution in [0.4, 0.5) is 0 Å². The second-order valence-corrected chi connectivity index (χ2v) is 12.0. The Bertz CT molecular complexity index is 1140. The van der Waals surface area contributed by atoms with E-state index in [4.69, 9.17) is 0 Å². The highest BCUT2D eigenvalue weighted by atomic mass is 16.3. The molecule has 0 spiro atoms. The molecule has 0 heterocycles. The first-order chi connectivity index (χ1) is 19.4. The maximum absolute atomic E-state index is 15.0. The summed E-state index contributed by atoms with van der Waals surface area (Å²) in [7, 11) is 0. The average Bonchev–Trinajstić information content (AvgIpc) is 2.96. The lowest BCUT2D eigenvalue weighted by atomic mass is 9.79. The third-order valence-corrected chi connectivity index (χ3v) is 8.58. The number of fused-ring (bicyclic) bond motifs is 1. The van der Waals surface area contributed by atoms with Crippen molar-refractivity contribution in [2.24, 2.45) is 11.8 Å². The molecule has 2 atom stereocenters. The van der Waals surface area contributed by atoms with Crippen LogP contribution in [0.5, 0.6) is 0 Å². The number of amides is 1. The predicted octanol–water partition coefficient (Wildman–Crippen LogP) is 9.77. The highest BCUT2D eigenvalue weighted by molar-refractivity contribution is 6.08. The average molecular weight is 544 g/mol. The zero-order chi connectivity index (χ0) is 29.1. The lowest BCUT2D eigenvalue weighted by molar-refractivity contribution is 0.0490. The molecule has 3 heteroatoms. The fraction of sp³-hybridized carbons (Fsp3) is 0.541. The van der Waals surface area contributed by atoms with Crippen LogP contribution in [0, 0.1) is 11.8 Å². The number of carbonyl (C=O) groups excluding carboxylic acids is 1. The van der Waals surface area contributed by atoms with Gasteiger partial charge in [-0.2, -0.15) is 0 Å². The van der Waals surface area contributed by atoms with Crippen molar-refractivity contribution in [1.82, 2.24) is 4.90 Å². The number of hydrogen-bond acceptors (Lipinski definition) is 2. The van der Waals surface area contributed by atoms with E-state index in [0.717, 1.165) is 74.1 Å². The summed E-state index contributed by atoms with van der Waals surface area (Å²) in [4.78, 5) is 17.3. The normalized spacial score (nSPS) is 13.3. The number of aliphatic hydroxyl groups excluding tert-OH is 1. The molecule has 3 rings (SSSR count). The van der Waals surface area contributed by atoms with Gasteiger partial charge in [-0.05, 0) is 65.8 Å². The largest absolute Gasteiger partial charge is 0.388 e. The van der Waals surface area contributed by atoms with Crippen LogP contribution in [-0.4, -0.2) is 28.0 Å². The van der Waals surface area contributed by atoms with Crippen molar-refractivity contribution in [2.45, 2.75) is 118 Å². The maximum atomic E-state index is 15.0. The molecule has 3 nitrogen and oxygen atoms in total. The molecule has 0 fully saturated rings. The molecule has 1 amide bonds. The Kier molecular flexibility index (Phi) is 12.7. The lowest BCUT2D eigenvalue weighted by Gasteiger charge is -2.40. The van der Waals surface area contributed by atoms with Gasteiger partial charge in [-0.1, -0.05) is 134 Å². The zero-order valence-corrected chi connectivity index (χ0v) is 25.9. The van der Waals surface area contributed by atoms with E-state index in [-0.39, 0.29) is 29.8 Å². The number of aliphatic hydroxyl groups is 1. The minimum atomic E-state index is -0.739. The number of rotatable bonds is 16. The molecule has 0 aromatic heterocycles. The van der Waals surface area contributed by atoms with Gasteiger partial charge in [0.1, 0.15) is 0 Å². The van der Waals surface area contributed by atoms with Crippen LogP contribution in [-0.2, 0) is 6.42 Å². The Morgan fingerprint density at radius 3 is 1.77 bits per heavy atom. The standard InChI is InChI=1S/C37H53NO2/c1-7-16-30(17-8-2)38(31(18-9-3)19-10-4)37(40)35-32-23-15-14-22-29(32)24-25-33(35)36(39)34(27(5)6)26-28-20-12-11-13-21-28/h11-15,20-25,27,30-31,34,36,39H,7-10,16-19,26H2,1-6H3/t34-,36+/m1/s1. The van der Waals surface area contributed by atoms with Crippen LogP contribution in [0.1, 0.15) is 120 Å². The summed E-state index contributed by atoms with van der Waals surface area (Å²) >= 11 is 0. The van der Waals surface area contributed by atoms with Gasteiger partial charge in [0.15, 0.2) is 0 Å². The van der Waals surface area contributed by atoms with Crippen molar-refractivity contribution < 1.29 is 9.90 Å². The molecule has 0 unspecified atom stereocenters. The van der Waals surface area contributed by atoms with E-state index in [1.165, 1.54) is 5.56 Å². The molecule has 0 radical (unpaired) electrons. The maximum Gasteiger partial charge on any atom is 0.255 e. The quantitative estimate of drug-likeness (QED) is 0.195.